The van der Waals surface area contributed by atoms with Crippen molar-refractivity contribution in [2.24, 2.45) is 23.2 Å². The van der Waals surface area contributed by atoms with Gasteiger partial charge in [-0.05, 0) is 68.4 Å². The predicted molar refractivity (Wildman–Crippen MR) is 106 cm³/mol. The SMILES string of the molecule is O=C(COC(=O)CNC(=O)C12CC3CC(CC(C3)C1)C2)Nc1ccc(F)cc1[N+](=O)[O-]. The van der Waals surface area contributed by atoms with Crippen LogP contribution in [0.3, 0.4) is 0 Å². The van der Waals surface area contributed by atoms with E-state index in [9.17, 15) is 28.9 Å². The number of hydrogen-bond acceptors (Lipinski definition) is 6. The highest BCUT2D eigenvalue weighted by Crippen LogP contribution is 2.60. The summed E-state index contributed by atoms with van der Waals surface area (Å²) in [6.45, 7) is -1.02. The minimum Gasteiger partial charge on any atom is -0.454 e. The van der Waals surface area contributed by atoms with Gasteiger partial charge in [0.25, 0.3) is 11.6 Å². The van der Waals surface area contributed by atoms with E-state index in [1.165, 1.54) is 19.3 Å². The van der Waals surface area contributed by atoms with Gasteiger partial charge in [-0.25, -0.2) is 4.39 Å². The van der Waals surface area contributed by atoms with Crippen LogP contribution in [-0.4, -0.2) is 35.9 Å². The standard InChI is InChI=1S/C21H24FN3O6/c22-15-1-2-16(17(6-15)25(29)30)24-18(26)11-31-19(27)10-23-20(28)21-7-12-3-13(8-21)5-14(4-12)9-21/h1-2,6,12-14H,3-5,7-11H2,(H,23,28)(H,24,26). The van der Waals surface area contributed by atoms with Crippen molar-refractivity contribution in [3.05, 3.63) is 34.1 Å². The predicted octanol–water partition coefficient (Wildman–Crippen LogP) is 2.55. The molecule has 0 saturated heterocycles. The van der Waals surface area contributed by atoms with Crippen molar-refractivity contribution in [3.63, 3.8) is 0 Å². The molecule has 5 rings (SSSR count). The number of hydrogen-bond donors (Lipinski definition) is 2. The second kappa shape index (κ2) is 8.24. The molecule has 0 radical (unpaired) electrons. The Hall–Kier alpha value is -3.04. The molecule has 4 saturated carbocycles. The summed E-state index contributed by atoms with van der Waals surface area (Å²) in [4.78, 5) is 46.9. The van der Waals surface area contributed by atoms with Crippen LogP contribution in [0.2, 0.25) is 0 Å². The summed E-state index contributed by atoms with van der Waals surface area (Å²) in [6.07, 6.45) is 6.23. The summed E-state index contributed by atoms with van der Waals surface area (Å²) in [6, 6.07) is 2.70. The zero-order chi connectivity index (χ0) is 22.2. The molecular weight excluding hydrogens is 409 g/mol. The van der Waals surface area contributed by atoms with Crippen LogP contribution >= 0.6 is 0 Å². The van der Waals surface area contributed by atoms with Crippen molar-refractivity contribution >= 4 is 29.2 Å². The lowest BCUT2D eigenvalue weighted by Crippen LogP contribution is -2.54. The summed E-state index contributed by atoms with van der Waals surface area (Å²) >= 11 is 0. The van der Waals surface area contributed by atoms with E-state index < -0.39 is 34.9 Å². The van der Waals surface area contributed by atoms with Crippen LogP contribution in [0.15, 0.2) is 18.2 Å². The molecule has 0 aromatic heterocycles. The Morgan fingerprint density at radius 3 is 2.32 bits per heavy atom. The maximum Gasteiger partial charge on any atom is 0.325 e. The second-order valence-corrected chi connectivity index (χ2v) is 9.01. The molecule has 4 aliphatic carbocycles. The first-order valence-corrected chi connectivity index (χ1v) is 10.4. The van der Waals surface area contributed by atoms with Crippen molar-refractivity contribution in [3.8, 4) is 0 Å². The zero-order valence-corrected chi connectivity index (χ0v) is 16.9. The Bertz CT molecular complexity index is 898. The Morgan fingerprint density at radius 2 is 1.74 bits per heavy atom. The number of nitro benzene ring substituents is 1. The van der Waals surface area contributed by atoms with E-state index in [0.717, 1.165) is 31.4 Å². The monoisotopic (exact) mass is 433 g/mol. The fourth-order valence-corrected chi connectivity index (χ4v) is 5.87. The van der Waals surface area contributed by atoms with Crippen LogP contribution in [-0.2, 0) is 19.1 Å². The lowest BCUT2D eigenvalue weighted by Gasteiger charge is -2.55. The summed E-state index contributed by atoms with van der Waals surface area (Å²) < 4.78 is 18.0. The van der Waals surface area contributed by atoms with Crippen molar-refractivity contribution in [1.29, 1.82) is 0 Å². The molecule has 4 aliphatic rings. The molecule has 2 N–H and O–H groups in total. The number of ether oxygens (including phenoxy) is 1. The Morgan fingerprint density at radius 1 is 1.13 bits per heavy atom. The third-order valence-electron chi connectivity index (χ3n) is 6.71. The topological polar surface area (TPSA) is 128 Å². The molecule has 0 aliphatic heterocycles. The number of rotatable bonds is 7. The van der Waals surface area contributed by atoms with Crippen molar-refractivity contribution in [2.45, 2.75) is 38.5 Å². The van der Waals surface area contributed by atoms with Gasteiger partial charge in [0.15, 0.2) is 6.61 Å². The molecule has 9 nitrogen and oxygen atoms in total. The average molecular weight is 433 g/mol. The van der Waals surface area contributed by atoms with Crippen LogP contribution in [0.25, 0.3) is 0 Å². The Kier molecular flexibility index (Phi) is 5.63. The Labute approximate surface area is 177 Å². The van der Waals surface area contributed by atoms with Gasteiger partial charge in [0.2, 0.25) is 5.91 Å². The molecule has 31 heavy (non-hydrogen) atoms. The lowest BCUT2D eigenvalue weighted by molar-refractivity contribution is -0.384. The van der Waals surface area contributed by atoms with Gasteiger partial charge in [0.1, 0.15) is 18.0 Å². The van der Waals surface area contributed by atoms with Gasteiger partial charge in [-0.3, -0.25) is 24.5 Å². The summed E-state index contributed by atoms with van der Waals surface area (Å²) in [5, 5.41) is 15.8. The molecule has 1 aromatic rings. The molecule has 0 unspecified atom stereocenters. The van der Waals surface area contributed by atoms with Gasteiger partial charge < -0.3 is 15.4 Å². The first-order chi connectivity index (χ1) is 14.7. The van der Waals surface area contributed by atoms with Gasteiger partial charge in [-0.15, -0.1) is 0 Å². The summed E-state index contributed by atoms with van der Waals surface area (Å²) in [5.74, 6) is -0.715. The zero-order valence-electron chi connectivity index (χ0n) is 16.9. The largest absolute Gasteiger partial charge is 0.454 e. The Balaban J connectivity index is 1.24. The average Bonchev–Trinajstić information content (AvgIpc) is 2.70. The molecule has 10 heteroatoms. The van der Waals surface area contributed by atoms with Gasteiger partial charge >= 0.3 is 5.97 Å². The van der Waals surface area contributed by atoms with Crippen molar-refractivity contribution in [2.75, 3.05) is 18.5 Å². The number of nitrogens with one attached hydrogen (secondary N) is 2. The molecule has 166 valence electrons. The minimum absolute atomic E-state index is 0.116. The number of carbonyl (C=O) groups excluding carboxylic acids is 3. The molecule has 4 fully saturated rings. The third kappa shape index (κ3) is 4.52. The number of anilines is 1. The van der Waals surface area contributed by atoms with Crippen LogP contribution < -0.4 is 10.6 Å². The maximum atomic E-state index is 13.2. The van der Waals surface area contributed by atoms with Crippen LogP contribution in [0, 0.1) is 39.1 Å². The van der Waals surface area contributed by atoms with Crippen LogP contribution in [0.5, 0.6) is 0 Å². The highest BCUT2D eigenvalue weighted by molar-refractivity contribution is 5.95. The molecule has 0 atom stereocenters. The molecule has 0 spiro atoms. The quantitative estimate of drug-likeness (QED) is 0.386. The van der Waals surface area contributed by atoms with E-state index >= 15 is 0 Å². The number of nitrogens with zero attached hydrogens (tertiary/aromatic N) is 1. The first-order valence-electron chi connectivity index (χ1n) is 10.4. The van der Waals surface area contributed by atoms with Crippen LogP contribution in [0.4, 0.5) is 15.8 Å². The highest BCUT2D eigenvalue weighted by atomic mass is 19.1. The smallest absolute Gasteiger partial charge is 0.325 e. The number of amides is 2. The minimum atomic E-state index is -0.829. The van der Waals surface area contributed by atoms with E-state index in [4.69, 9.17) is 4.74 Å². The second-order valence-electron chi connectivity index (χ2n) is 9.01. The van der Waals surface area contributed by atoms with Crippen LogP contribution in [0.1, 0.15) is 38.5 Å². The number of carbonyl (C=O) groups is 3. The van der Waals surface area contributed by atoms with Gasteiger partial charge in [-0.2, -0.15) is 0 Å². The molecular formula is C21H24FN3O6. The normalized spacial score (nSPS) is 28.1. The summed E-state index contributed by atoms with van der Waals surface area (Å²) in [5.41, 5.74) is -1.20. The fourth-order valence-electron chi connectivity index (χ4n) is 5.87. The summed E-state index contributed by atoms with van der Waals surface area (Å²) in [7, 11) is 0. The number of benzene rings is 1. The number of nitro groups is 1. The number of esters is 1. The van der Waals surface area contributed by atoms with E-state index in [1.807, 2.05) is 0 Å². The fraction of sp³-hybridized carbons (Fsp3) is 0.571. The van der Waals surface area contributed by atoms with E-state index in [2.05, 4.69) is 10.6 Å². The molecule has 2 amide bonds. The van der Waals surface area contributed by atoms with Crippen molar-refractivity contribution in [1.82, 2.24) is 5.32 Å². The third-order valence-corrected chi connectivity index (χ3v) is 6.71. The maximum absolute atomic E-state index is 13.2. The lowest BCUT2D eigenvalue weighted by atomic mass is 9.49. The van der Waals surface area contributed by atoms with E-state index in [-0.39, 0.29) is 23.6 Å². The van der Waals surface area contributed by atoms with E-state index in [1.54, 1.807) is 0 Å². The molecule has 4 bridgehead atoms. The van der Waals surface area contributed by atoms with Gasteiger partial charge in [0.05, 0.1) is 11.0 Å². The molecule has 1 aromatic carbocycles. The molecule has 0 heterocycles. The van der Waals surface area contributed by atoms with Crippen molar-refractivity contribution < 1.29 is 28.4 Å². The van der Waals surface area contributed by atoms with Gasteiger partial charge in [0, 0.05) is 5.41 Å². The first kappa shape index (κ1) is 21.2. The van der Waals surface area contributed by atoms with E-state index in [0.29, 0.717) is 23.8 Å². The highest BCUT2D eigenvalue weighted by Gasteiger charge is 2.54. The number of halogens is 1. The van der Waals surface area contributed by atoms with Gasteiger partial charge in [-0.1, -0.05) is 0 Å².